The Balaban J connectivity index is 1.63. The van der Waals surface area contributed by atoms with Crippen LogP contribution in [0.15, 0.2) is 77.7 Å². The quantitative estimate of drug-likeness (QED) is 0.378. The molecule has 5 nitrogen and oxygen atoms in total. The number of methoxy groups -OCH3 is 1. The van der Waals surface area contributed by atoms with Gasteiger partial charge < -0.3 is 9.47 Å². The van der Waals surface area contributed by atoms with E-state index in [0.717, 1.165) is 29.7 Å². The predicted octanol–water partition coefficient (Wildman–Crippen LogP) is 5.86. The monoisotopic (exact) mass is 438 g/mol. The summed E-state index contributed by atoms with van der Waals surface area (Å²) in [6.45, 7) is 0. The largest absolute Gasteiger partial charge is 0.493 e. The van der Waals surface area contributed by atoms with Crippen LogP contribution < -0.4 is 15.0 Å². The predicted molar refractivity (Wildman–Crippen MR) is 132 cm³/mol. The van der Waals surface area contributed by atoms with Crippen molar-refractivity contribution in [3.05, 3.63) is 94.5 Å². The summed E-state index contributed by atoms with van der Waals surface area (Å²) in [6.07, 6.45) is 10.3. The smallest absolute Gasteiger partial charge is 0.266 e. The molecule has 5 rings (SSSR count). The van der Waals surface area contributed by atoms with E-state index in [1.807, 2.05) is 78.9 Å². The number of rotatable bonds is 6. The van der Waals surface area contributed by atoms with Crippen molar-refractivity contribution in [3.8, 4) is 22.6 Å². The number of ether oxygens (including phenoxy) is 2. The molecule has 4 aromatic rings. The van der Waals surface area contributed by atoms with Crippen molar-refractivity contribution in [2.45, 2.75) is 31.8 Å². The highest BCUT2D eigenvalue weighted by Gasteiger charge is 2.20. The van der Waals surface area contributed by atoms with E-state index in [4.69, 9.17) is 14.5 Å². The first-order valence-corrected chi connectivity index (χ1v) is 11.3. The molecule has 0 aliphatic heterocycles. The first-order chi connectivity index (χ1) is 16.2. The van der Waals surface area contributed by atoms with E-state index in [2.05, 4.69) is 0 Å². The van der Waals surface area contributed by atoms with E-state index in [1.165, 1.54) is 12.8 Å². The van der Waals surface area contributed by atoms with Gasteiger partial charge in [0, 0.05) is 11.8 Å². The minimum absolute atomic E-state index is 0.0977. The standard InChI is InChI=1S/C28H26N2O3/c1-32-24-15-9-12-21(27(24)33-22-13-5-6-14-22)17-18-23-26(20-10-3-2-4-11-20)28(31)30-19-8-7-16-25(30)29-23/h2-4,7-12,15-19,22H,5-6,13-14H2,1H3. The zero-order chi connectivity index (χ0) is 22.6. The lowest BCUT2D eigenvalue weighted by molar-refractivity contribution is 0.200. The fourth-order valence-corrected chi connectivity index (χ4v) is 4.40. The van der Waals surface area contributed by atoms with Gasteiger partial charge in [-0.3, -0.25) is 9.20 Å². The summed E-state index contributed by atoms with van der Waals surface area (Å²) in [5.74, 6) is 1.45. The molecule has 0 radical (unpaired) electrons. The molecule has 1 saturated carbocycles. The first-order valence-electron chi connectivity index (χ1n) is 11.3. The zero-order valence-electron chi connectivity index (χ0n) is 18.6. The molecule has 166 valence electrons. The normalized spacial score (nSPS) is 14.2. The topological polar surface area (TPSA) is 52.8 Å². The van der Waals surface area contributed by atoms with Crippen molar-refractivity contribution in [1.82, 2.24) is 9.38 Å². The second kappa shape index (κ2) is 9.33. The Morgan fingerprint density at radius 1 is 0.939 bits per heavy atom. The van der Waals surface area contributed by atoms with Crippen molar-refractivity contribution in [1.29, 1.82) is 0 Å². The molecule has 33 heavy (non-hydrogen) atoms. The van der Waals surface area contributed by atoms with Crippen LogP contribution in [0, 0.1) is 0 Å². The van der Waals surface area contributed by atoms with Crippen LogP contribution in [0.1, 0.15) is 36.9 Å². The summed E-state index contributed by atoms with van der Waals surface area (Å²) in [5, 5.41) is 0. The van der Waals surface area contributed by atoms with Gasteiger partial charge >= 0.3 is 0 Å². The van der Waals surface area contributed by atoms with Crippen LogP contribution in [-0.2, 0) is 0 Å². The third-order valence-corrected chi connectivity index (χ3v) is 6.06. The fraction of sp³-hybridized carbons (Fsp3) is 0.214. The van der Waals surface area contributed by atoms with Crippen molar-refractivity contribution in [2.24, 2.45) is 0 Å². The fourth-order valence-electron chi connectivity index (χ4n) is 4.40. The van der Waals surface area contributed by atoms with Gasteiger partial charge in [-0.05, 0) is 61.6 Å². The summed E-state index contributed by atoms with van der Waals surface area (Å²) >= 11 is 0. The van der Waals surface area contributed by atoms with Gasteiger partial charge in [0.15, 0.2) is 11.5 Å². The number of pyridine rings is 1. The molecule has 0 spiro atoms. The van der Waals surface area contributed by atoms with Gasteiger partial charge in [0.1, 0.15) is 5.65 Å². The summed E-state index contributed by atoms with van der Waals surface area (Å²) in [5.41, 5.74) is 3.43. The molecule has 2 aromatic heterocycles. The molecule has 0 unspecified atom stereocenters. The number of nitrogens with zero attached hydrogens (tertiary/aromatic N) is 2. The van der Waals surface area contributed by atoms with E-state index in [-0.39, 0.29) is 11.7 Å². The van der Waals surface area contributed by atoms with Gasteiger partial charge in [0.2, 0.25) is 0 Å². The van der Waals surface area contributed by atoms with Gasteiger partial charge in [0.05, 0.1) is 24.5 Å². The maximum atomic E-state index is 13.4. The zero-order valence-corrected chi connectivity index (χ0v) is 18.6. The van der Waals surface area contributed by atoms with Gasteiger partial charge in [-0.15, -0.1) is 0 Å². The van der Waals surface area contributed by atoms with Gasteiger partial charge in [-0.1, -0.05) is 48.5 Å². The number of fused-ring (bicyclic) bond motifs is 1. The molecule has 1 aliphatic rings. The van der Waals surface area contributed by atoms with E-state index in [0.29, 0.717) is 22.7 Å². The van der Waals surface area contributed by atoms with Crippen molar-refractivity contribution in [2.75, 3.05) is 7.11 Å². The SMILES string of the molecule is COc1cccc(C=Cc2nc3ccccn3c(=O)c2-c2ccccc2)c1OC1CCCC1. The van der Waals surface area contributed by atoms with Crippen LogP contribution in [-0.4, -0.2) is 22.6 Å². The van der Waals surface area contributed by atoms with Crippen molar-refractivity contribution < 1.29 is 9.47 Å². The van der Waals surface area contributed by atoms with Crippen LogP contribution in [0.5, 0.6) is 11.5 Å². The van der Waals surface area contributed by atoms with Crippen LogP contribution in [0.25, 0.3) is 28.9 Å². The van der Waals surface area contributed by atoms with Crippen LogP contribution in [0.4, 0.5) is 0 Å². The number of para-hydroxylation sites is 1. The maximum absolute atomic E-state index is 13.4. The Morgan fingerprint density at radius 3 is 2.52 bits per heavy atom. The third kappa shape index (κ3) is 4.27. The molecule has 0 atom stereocenters. The highest BCUT2D eigenvalue weighted by molar-refractivity contribution is 5.81. The molecule has 2 aromatic carbocycles. The molecule has 1 fully saturated rings. The Bertz CT molecular complexity index is 1350. The van der Waals surface area contributed by atoms with Crippen LogP contribution >= 0.6 is 0 Å². The lowest BCUT2D eigenvalue weighted by atomic mass is 10.0. The minimum Gasteiger partial charge on any atom is -0.493 e. The lowest BCUT2D eigenvalue weighted by Gasteiger charge is -2.18. The van der Waals surface area contributed by atoms with Gasteiger partial charge in [-0.25, -0.2) is 4.98 Å². The first kappa shape index (κ1) is 21.0. The van der Waals surface area contributed by atoms with Crippen LogP contribution in [0.3, 0.4) is 0 Å². The Morgan fingerprint density at radius 2 is 1.73 bits per heavy atom. The molecule has 0 bridgehead atoms. The number of hydrogen-bond donors (Lipinski definition) is 0. The van der Waals surface area contributed by atoms with Crippen molar-refractivity contribution in [3.63, 3.8) is 0 Å². The Hall–Kier alpha value is -3.86. The van der Waals surface area contributed by atoms with E-state index in [1.54, 1.807) is 17.7 Å². The van der Waals surface area contributed by atoms with Gasteiger partial charge in [0.25, 0.3) is 5.56 Å². The minimum atomic E-state index is -0.0977. The highest BCUT2D eigenvalue weighted by atomic mass is 16.5. The van der Waals surface area contributed by atoms with Crippen LogP contribution in [0.2, 0.25) is 0 Å². The lowest BCUT2D eigenvalue weighted by Crippen LogP contribution is -2.18. The average Bonchev–Trinajstić information content (AvgIpc) is 3.37. The molecule has 2 heterocycles. The molecular formula is C28H26N2O3. The molecule has 0 amide bonds. The molecule has 1 aliphatic carbocycles. The van der Waals surface area contributed by atoms with Gasteiger partial charge in [-0.2, -0.15) is 0 Å². The molecule has 5 heteroatoms. The Labute approximate surface area is 193 Å². The van der Waals surface area contributed by atoms with E-state index in [9.17, 15) is 4.79 Å². The maximum Gasteiger partial charge on any atom is 0.266 e. The highest BCUT2D eigenvalue weighted by Crippen LogP contribution is 2.36. The number of hydrogen-bond acceptors (Lipinski definition) is 4. The average molecular weight is 439 g/mol. The number of benzene rings is 2. The summed E-state index contributed by atoms with van der Waals surface area (Å²) in [4.78, 5) is 18.2. The Kier molecular flexibility index (Phi) is 5.94. The third-order valence-electron chi connectivity index (χ3n) is 6.06. The molecule has 0 saturated heterocycles. The molecular weight excluding hydrogens is 412 g/mol. The van der Waals surface area contributed by atoms with E-state index >= 15 is 0 Å². The molecule has 0 N–H and O–H groups in total. The second-order valence-corrected chi connectivity index (χ2v) is 8.21. The summed E-state index contributed by atoms with van der Waals surface area (Å²) < 4.78 is 13.5. The van der Waals surface area contributed by atoms with Crippen molar-refractivity contribution >= 4 is 17.8 Å². The number of aromatic nitrogens is 2. The summed E-state index contributed by atoms with van der Waals surface area (Å²) in [6, 6.07) is 21.1. The second-order valence-electron chi connectivity index (χ2n) is 8.21. The summed E-state index contributed by atoms with van der Waals surface area (Å²) in [7, 11) is 1.66. The van der Waals surface area contributed by atoms with E-state index < -0.39 is 0 Å².